The summed E-state index contributed by atoms with van der Waals surface area (Å²) in [5.74, 6) is 0.283. The van der Waals surface area contributed by atoms with Crippen molar-refractivity contribution in [2.45, 2.75) is 13.8 Å². The van der Waals surface area contributed by atoms with Crippen LogP contribution in [0.5, 0.6) is 5.75 Å². The Morgan fingerprint density at radius 2 is 1.95 bits per heavy atom. The summed E-state index contributed by atoms with van der Waals surface area (Å²) in [5, 5.41) is 0.875. The molecule has 0 saturated heterocycles. The predicted molar refractivity (Wildman–Crippen MR) is 75.8 cm³/mol. The highest BCUT2D eigenvalue weighted by atomic mass is 16.5. The molecular formula is C15H19NO3. The van der Waals surface area contributed by atoms with Crippen LogP contribution in [0.2, 0.25) is 0 Å². The van der Waals surface area contributed by atoms with Crippen molar-refractivity contribution in [3.8, 4) is 5.75 Å². The number of para-hydroxylation sites is 1. The van der Waals surface area contributed by atoms with Gasteiger partial charge in [-0.15, -0.1) is 0 Å². The minimum atomic E-state index is -0.418. The Labute approximate surface area is 112 Å². The lowest BCUT2D eigenvalue weighted by Crippen LogP contribution is -2.28. The number of rotatable bonds is 6. The Morgan fingerprint density at radius 3 is 2.68 bits per heavy atom. The van der Waals surface area contributed by atoms with Crippen molar-refractivity contribution in [1.82, 2.24) is 4.90 Å². The molecule has 1 aromatic heterocycles. The maximum atomic E-state index is 11.7. The van der Waals surface area contributed by atoms with E-state index in [4.69, 9.17) is 9.15 Å². The molecule has 1 heterocycles. The van der Waals surface area contributed by atoms with E-state index in [2.05, 4.69) is 18.7 Å². The van der Waals surface area contributed by atoms with Gasteiger partial charge in [-0.2, -0.15) is 0 Å². The highest BCUT2D eigenvalue weighted by Gasteiger charge is 2.06. The quantitative estimate of drug-likeness (QED) is 0.749. The first-order valence-electron chi connectivity index (χ1n) is 6.62. The van der Waals surface area contributed by atoms with Gasteiger partial charge in [0.15, 0.2) is 0 Å². The molecule has 0 aliphatic carbocycles. The molecule has 2 rings (SSSR count). The average molecular weight is 261 g/mol. The molecule has 2 aromatic rings. The first-order chi connectivity index (χ1) is 9.24. The molecule has 0 bridgehead atoms. The molecule has 0 amide bonds. The average Bonchev–Trinajstić information content (AvgIpc) is 2.44. The van der Waals surface area contributed by atoms with E-state index in [1.54, 1.807) is 12.1 Å². The fraction of sp³-hybridized carbons (Fsp3) is 0.400. The van der Waals surface area contributed by atoms with Crippen LogP contribution in [-0.4, -0.2) is 31.1 Å². The third-order valence-corrected chi connectivity index (χ3v) is 3.17. The van der Waals surface area contributed by atoms with Gasteiger partial charge < -0.3 is 14.1 Å². The van der Waals surface area contributed by atoms with Crippen LogP contribution in [0.4, 0.5) is 0 Å². The molecule has 0 atom stereocenters. The zero-order valence-electron chi connectivity index (χ0n) is 11.4. The first-order valence-corrected chi connectivity index (χ1v) is 6.62. The molecule has 0 aliphatic rings. The number of fused-ring (bicyclic) bond motifs is 1. The summed E-state index contributed by atoms with van der Waals surface area (Å²) >= 11 is 0. The largest absolute Gasteiger partial charge is 0.485 e. The summed E-state index contributed by atoms with van der Waals surface area (Å²) in [7, 11) is 0. The molecule has 0 aliphatic heterocycles. The van der Waals surface area contributed by atoms with E-state index in [-0.39, 0.29) is 5.75 Å². The van der Waals surface area contributed by atoms with Crippen LogP contribution >= 0.6 is 0 Å². The topological polar surface area (TPSA) is 42.7 Å². The normalized spacial score (nSPS) is 11.1. The van der Waals surface area contributed by atoms with Crippen molar-refractivity contribution >= 4 is 11.0 Å². The summed E-state index contributed by atoms with van der Waals surface area (Å²) in [5.41, 5.74) is 0.168. The lowest BCUT2D eigenvalue weighted by atomic mass is 10.2. The van der Waals surface area contributed by atoms with E-state index in [0.29, 0.717) is 12.2 Å². The van der Waals surface area contributed by atoms with Gasteiger partial charge in [0.1, 0.15) is 12.2 Å². The SMILES string of the molecule is CCN(CC)CCOc1cc2ccccc2oc1=O. The van der Waals surface area contributed by atoms with Crippen LogP contribution in [0.3, 0.4) is 0 Å². The molecule has 0 spiro atoms. The van der Waals surface area contributed by atoms with Gasteiger partial charge in [0.25, 0.3) is 0 Å². The van der Waals surface area contributed by atoms with Gasteiger partial charge in [0, 0.05) is 11.9 Å². The van der Waals surface area contributed by atoms with Gasteiger partial charge in [0.05, 0.1) is 0 Å². The van der Waals surface area contributed by atoms with E-state index < -0.39 is 5.63 Å². The summed E-state index contributed by atoms with van der Waals surface area (Å²) in [6.45, 7) is 7.46. The Kier molecular flexibility index (Phi) is 4.58. The fourth-order valence-electron chi connectivity index (χ4n) is 1.97. The number of benzene rings is 1. The van der Waals surface area contributed by atoms with E-state index in [0.717, 1.165) is 25.0 Å². The molecule has 4 nitrogen and oxygen atoms in total. The van der Waals surface area contributed by atoms with Crippen LogP contribution in [0, 0.1) is 0 Å². The molecule has 0 unspecified atom stereocenters. The number of hydrogen-bond acceptors (Lipinski definition) is 4. The van der Waals surface area contributed by atoms with Crippen molar-refractivity contribution in [3.63, 3.8) is 0 Å². The van der Waals surface area contributed by atoms with Gasteiger partial charge >= 0.3 is 5.63 Å². The molecule has 19 heavy (non-hydrogen) atoms. The van der Waals surface area contributed by atoms with Crippen molar-refractivity contribution in [1.29, 1.82) is 0 Å². The maximum absolute atomic E-state index is 11.7. The Morgan fingerprint density at radius 1 is 1.21 bits per heavy atom. The van der Waals surface area contributed by atoms with Crippen molar-refractivity contribution in [2.24, 2.45) is 0 Å². The molecule has 1 aromatic carbocycles. The highest BCUT2D eigenvalue weighted by Crippen LogP contribution is 2.16. The Balaban J connectivity index is 2.08. The van der Waals surface area contributed by atoms with Crippen LogP contribution in [0.15, 0.2) is 39.5 Å². The first kappa shape index (κ1) is 13.6. The summed E-state index contributed by atoms with van der Waals surface area (Å²) in [6.07, 6.45) is 0. The minimum absolute atomic E-state index is 0.283. The molecule has 0 saturated carbocycles. The van der Waals surface area contributed by atoms with Gasteiger partial charge in [-0.05, 0) is 25.2 Å². The summed E-state index contributed by atoms with van der Waals surface area (Å²) < 4.78 is 10.7. The summed E-state index contributed by atoms with van der Waals surface area (Å²) in [6, 6.07) is 9.16. The molecule has 0 N–H and O–H groups in total. The summed E-state index contributed by atoms with van der Waals surface area (Å²) in [4.78, 5) is 14.0. The van der Waals surface area contributed by atoms with E-state index >= 15 is 0 Å². The second-order valence-electron chi connectivity index (χ2n) is 4.31. The molecule has 4 heteroatoms. The lowest BCUT2D eigenvalue weighted by Gasteiger charge is -2.17. The zero-order valence-corrected chi connectivity index (χ0v) is 11.4. The van der Waals surface area contributed by atoms with E-state index in [9.17, 15) is 4.79 Å². The number of ether oxygens (including phenoxy) is 1. The maximum Gasteiger partial charge on any atom is 0.379 e. The van der Waals surface area contributed by atoms with E-state index in [1.165, 1.54) is 0 Å². The highest BCUT2D eigenvalue weighted by molar-refractivity contribution is 5.77. The van der Waals surface area contributed by atoms with Crippen LogP contribution in [0.25, 0.3) is 11.0 Å². The minimum Gasteiger partial charge on any atom is -0.485 e. The third kappa shape index (κ3) is 3.35. The lowest BCUT2D eigenvalue weighted by molar-refractivity contribution is 0.218. The smallest absolute Gasteiger partial charge is 0.379 e. The number of likely N-dealkylation sites (N-methyl/N-ethyl adjacent to an activating group) is 1. The monoisotopic (exact) mass is 261 g/mol. The third-order valence-electron chi connectivity index (χ3n) is 3.17. The second-order valence-corrected chi connectivity index (χ2v) is 4.31. The molecule has 0 radical (unpaired) electrons. The Bertz CT molecular complexity index is 587. The molecule has 102 valence electrons. The van der Waals surface area contributed by atoms with Crippen LogP contribution in [-0.2, 0) is 0 Å². The standard InChI is InChI=1S/C15H19NO3/c1-3-16(4-2)9-10-18-14-11-12-7-5-6-8-13(12)19-15(14)17/h5-8,11H,3-4,9-10H2,1-2H3. The van der Waals surface area contributed by atoms with Crippen LogP contribution < -0.4 is 10.4 Å². The predicted octanol–water partition coefficient (Wildman–Crippen LogP) is 2.51. The second kappa shape index (κ2) is 6.38. The van der Waals surface area contributed by atoms with E-state index in [1.807, 2.05) is 18.2 Å². The fourth-order valence-corrected chi connectivity index (χ4v) is 1.97. The Hall–Kier alpha value is -1.81. The van der Waals surface area contributed by atoms with Gasteiger partial charge in [-0.1, -0.05) is 32.0 Å². The van der Waals surface area contributed by atoms with Gasteiger partial charge in [0.2, 0.25) is 5.75 Å². The van der Waals surface area contributed by atoms with Crippen LogP contribution in [0.1, 0.15) is 13.8 Å². The molecule has 0 fully saturated rings. The van der Waals surface area contributed by atoms with Crippen molar-refractivity contribution < 1.29 is 9.15 Å². The van der Waals surface area contributed by atoms with Crippen molar-refractivity contribution in [3.05, 3.63) is 40.8 Å². The van der Waals surface area contributed by atoms with Gasteiger partial charge in [-0.3, -0.25) is 0 Å². The molecular weight excluding hydrogens is 242 g/mol. The number of hydrogen-bond donors (Lipinski definition) is 0. The van der Waals surface area contributed by atoms with Gasteiger partial charge in [-0.25, -0.2) is 4.79 Å². The number of nitrogens with zero attached hydrogens (tertiary/aromatic N) is 1. The van der Waals surface area contributed by atoms with Crippen molar-refractivity contribution in [2.75, 3.05) is 26.2 Å². The zero-order chi connectivity index (χ0) is 13.7.